The fourth-order valence-corrected chi connectivity index (χ4v) is 3.78. The molecule has 1 aromatic rings. The molecule has 0 radical (unpaired) electrons. The fourth-order valence-electron chi connectivity index (χ4n) is 2.85. The minimum absolute atomic E-state index is 0.0333. The highest BCUT2D eigenvalue weighted by atomic mass is 32.2. The van der Waals surface area contributed by atoms with Crippen LogP contribution in [0.4, 0.5) is 0 Å². The van der Waals surface area contributed by atoms with Gasteiger partial charge < -0.3 is 5.32 Å². The third-order valence-electron chi connectivity index (χ3n) is 4.46. The Hall–Kier alpha value is -1.14. The molecule has 1 N–H and O–H groups in total. The van der Waals surface area contributed by atoms with Gasteiger partial charge in [0.15, 0.2) is 5.82 Å². The zero-order chi connectivity index (χ0) is 15.5. The third kappa shape index (κ3) is 3.79. The zero-order valence-corrected chi connectivity index (χ0v) is 14.1. The van der Waals surface area contributed by atoms with E-state index in [1.54, 1.807) is 6.20 Å². The molecule has 0 spiro atoms. The van der Waals surface area contributed by atoms with Gasteiger partial charge in [-0.3, -0.25) is 9.69 Å². The van der Waals surface area contributed by atoms with Crippen LogP contribution in [0.3, 0.4) is 0 Å². The fraction of sp³-hybridized carbons (Fsp3) is 0.688. The van der Waals surface area contributed by atoms with Gasteiger partial charge in [-0.2, -0.15) is 11.8 Å². The third-order valence-corrected chi connectivity index (χ3v) is 5.40. The van der Waals surface area contributed by atoms with Crippen molar-refractivity contribution in [3.8, 4) is 0 Å². The van der Waals surface area contributed by atoms with Crippen LogP contribution in [0.5, 0.6) is 0 Å². The quantitative estimate of drug-likeness (QED) is 0.896. The number of aryl methyl sites for hydroxylation is 1. The Kier molecular flexibility index (Phi) is 4.98. The lowest BCUT2D eigenvalue weighted by Gasteiger charge is -2.32. The number of nitrogens with zero attached hydrogens (tertiary/aromatic N) is 3. The lowest BCUT2D eigenvalue weighted by molar-refractivity contribution is -0.126. The Morgan fingerprint density at radius 3 is 2.77 bits per heavy atom. The molecule has 2 heterocycles. The first-order valence-corrected chi connectivity index (χ1v) is 9.22. The molecule has 1 aliphatic heterocycles. The molecule has 2 atom stereocenters. The molecular formula is C16H24N4OS. The van der Waals surface area contributed by atoms with E-state index in [9.17, 15) is 4.79 Å². The first-order valence-electron chi connectivity index (χ1n) is 8.07. The molecule has 1 aromatic heterocycles. The summed E-state index contributed by atoms with van der Waals surface area (Å²) >= 11 is 1.96. The van der Waals surface area contributed by atoms with Crippen molar-refractivity contribution < 1.29 is 4.79 Å². The van der Waals surface area contributed by atoms with E-state index in [2.05, 4.69) is 20.2 Å². The monoisotopic (exact) mass is 320 g/mol. The molecule has 2 aliphatic rings. The van der Waals surface area contributed by atoms with Gasteiger partial charge in [-0.05, 0) is 38.7 Å². The molecule has 1 aliphatic carbocycles. The van der Waals surface area contributed by atoms with Crippen molar-refractivity contribution in [2.45, 2.75) is 38.8 Å². The lowest BCUT2D eigenvalue weighted by Crippen LogP contribution is -2.49. The van der Waals surface area contributed by atoms with E-state index in [1.165, 1.54) is 0 Å². The maximum absolute atomic E-state index is 12.6. The van der Waals surface area contributed by atoms with Crippen molar-refractivity contribution in [2.24, 2.45) is 5.92 Å². The van der Waals surface area contributed by atoms with E-state index in [4.69, 9.17) is 0 Å². The van der Waals surface area contributed by atoms with Crippen molar-refractivity contribution in [3.05, 3.63) is 23.8 Å². The normalized spacial score (nSPS) is 22.1. The molecule has 3 rings (SSSR count). The van der Waals surface area contributed by atoms with E-state index >= 15 is 0 Å². The molecule has 1 saturated heterocycles. The molecule has 120 valence electrons. The van der Waals surface area contributed by atoms with Crippen LogP contribution in [0.2, 0.25) is 0 Å². The highest BCUT2D eigenvalue weighted by Gasteiger charge is 2.36. The predicted molar refractivity (Wildman–Crippen MR) is 88.7 cm³/mol. The van der Waals surface area contributed by atoms with Gasteiger partial charge in [-0.1, -0.05) is 0 Å². The van der Waals surface area contributed by atoms with E-state index in [0.29, 0.717) is 5.92 Å². The standard InChI is InChI=1S/C16H24N4OS/c1-11-5-6-17-15(18-11)14(13-3-4-13)19-16(21)12(2)20-7-9-22-10-8-20/h5-6,12-14H,3-4,7-10H2,1-2H3,(H,19,21)/t12-,14+/m0/s1. The minimum atomic E-state index is -0.0769. The number of nitrogens with one attached hydrogen (secondary N) is 1. The number of amides is 1. The summed E-state index contributed by atoms with van der Waals surface area (Å²) in [5.41, 5.74) is 0.950. The predicted octanol–water partition coefficient (Wildman–Crippen LogP) is 1.79. The van der Waals surface area contributed by atoms with Gasteiger partial charge in [0.1, 0.15) is 0 Å². The van der Waals surface area contributed by atoms with Crippen molar-refractivity contribution >= 4 is 17.7 Å². The smallest absolute Gasteiger partial charge is 0.237 e. The number of rotatable bonds is 5. The molecule has 0 unspecified atom stereocenters. The van der Waals surface area contributed by atoms with Gasteiger partial charge in [0.25, 0.3) is 0 Å². The van der Waals surface area contributed by atoms with Crippen LogP contribution in [0.25, 0.3) is 0 Å². The second kappa shape index (κ2) is 6.96. The second-order valence-electron chi connectivity index (χ2n) is 6.20. The van der Waals surface area contributed by atoms with E-state index in [1.807, 2.05) is 31.7 Å². The summed E-state index contributed by atoms with van der Waals surface area (Å²) in [6, 6.07) is 1.78. The summed E-state index contributed by atoms with van der Waals surface area (Å²) in [4.78, 5) is 23.8. The Bertz CT molecular complexity index is 529. The Morgan fingerprint density at radius 2 is 2.14 bits per heavy atom. The minimum Gasteiger partial charge on any atom is -0.344 e. The van der Waals surface area contributed by atoms with Gasteiger partial charge in [-0.15, -0.1) is 0 Å². The maximum Gasteiger partial charge on any atom is 0.237 e. The summed E-state index contributed by atoms with van der Waals surface area (Å²) < 4.78 is 0. The highest BCUT2D eigenvalue weighted by molar-refractivity contribution is 7.99. The van der Waals surface area contributed by atoms with Crippen LogP contribution in [0, 0.1) is 12.8 Å². The molecule has 5 nitrogen and oxygen atoms in total. The summed E-state index contributed by atoms with van der Waals surface area (Å²) in [6.45, 7) is 5.96. The van der Waals surface area contributed by atoms with Gasteiger partial charge in [0.2, 0.25) is 5.91 Å². The summed E-state index contributed by atoms with van der Waals surface area (Å²) in [6.07, 6.45) is 4.08. The van der Waals surface area contributed by atoms with Crippen LogP contribution in [-0.2, 0) is 4.79 Å². The van der Waals surface area contributed by atoms with Crippen LogP contribution in [0.1, 0.15) is 37.3 Å². The molecule has 6 heteroatoms. The first kappa shape index (κ1) is 15.7. The number of hydrogen-bond donors (Lipinski definition) is 1. The highest BCUT2D eigenvalue weighted by Crippen LogP contribution is 2.40. The zero-order valence-electron chi connectivity index (χ0n) is 13.3. The van der Waals surface area contributed by atoms with Gasteiger partial charge in [-0.25, -0.2) is 9.97 Å². The molecule has 0 bridgehead atoms. The topological polar surface area (TPSA) is 58.1 Å². The van der Waals surface area contributed by atoms with Crippen LogP contribution in [-0.4, -0.2) is 51.4 Å². The first-order chi connectivity index (χ1) is 10.6. The summed E-state index contributed by atoms with van der Waals surface area (Å²) in [5.74, 6) is 3.59. The number of carbonyl (C=O) groups excluding carboxylic acids is 1. The Balaban J connectivity index is 1.67. The van der Waals surface area contributed by atoms with Gasteiger partial charge in [0.05, 0.1) is 12.1 Å². The Morgan fingerprint density at radius 1 is 1.41 bits per heavy atom. The van der Waals surface area contributed by atoms with Crippen molar-refractivity contribution in [1.29, 1.82) is 0 Å². The van der Waals surface area contributed by atoms with E-state index in [-0.39, 0.29) is 18.0 Å². The van der Waals surface area contributed by atoms with Crippen molar-refractivity contribution in [3.63, 3.8) is 0 Å². The second-order valence-corrected chi connectivity index (χ2v) is 7.43. The van der Waals surface area contributed by atoms with Crippen LogP contribution < -0.4 is 5.32 Å². The number of carbonyl (C=O) groups is 1. The average molecular weight is 320 g/mol. The van der Waals surface area contributed by atoms with Gasteiger partial charge >= 0.3 is 0 Å². The maximum atomic E-state index is 12.6. The molecular weight excluding hydrogens is 296 g/mol. The van der Waals surface area contributed by atoms with Crippen LogP contribution >= 0.6 is 11.8 Å². The number of thioether (sulfide) groups is 1. The summed E-state index contributed by atoms with van der Waals surface area (Å²) in [5, 5.41) is 3.21. The van der Waals surface area contributed by atoms with Crippen molar-refractivity contribution in [1.82, 2.24) is 20.2 Å². The van der Waals surface area contributed by atoms with Gasteiger partial charge in [0, 0.05) is 36.5 Å². The largest absolute Gasteiger partial charge is 0.344 e. The van der Waals surface area contributed by atoms with Crippen LogP contribution in [0.15, 0.2) is 12.3 Å². The molecule has 1 amide bonds. The number of hydrogen-bond acceptors (Lipinski definition) is 5. The lowest BCUT2D eigenvalue weighted by atomic mass is 10.1. The summed E-state index contributed by atoms with van der Waals surface area (Å²) in [7, 11) is 0. The molecule has 2 fully saturated rings. The van der Waals surface area contributed by atoms with E-state index < -0.39 is 0 Å². The van der Waals surface area contributed by atoms with E-state index in [0.717, 1.165) is 49.0 Å². The van der Waals surface area contributed by atoms with Crippen molar-refractivity contribution in [2.75, 3.05) is 24.6 Å². The molecule has 22 heavy (non-hydrogen) atoms. The SMILES string of the molecule is Cc1ccnc([C@H](NC(=O)[C@H](C)N2CCSCC2)C2CC2)n1. The Labute approximate surface area is 136 Å². The number of aromatic nitrogens is 2. The molecule has 0 aromatic carbocycles. The molecule has 1 saturated carbocycles. The average Bonchev–Trinajstić information content (AvgIpc) is 3.37.